The van der Waals surface area contributed by atoms with Gasteiger partial charge < -0.3 is 15.2 Å². The SMILES string of the molecule is O=C(CCSc1ccc(Cl)cc1)NC1(C(=O)O)CCOC1. The highest BCUT2D eigenvalue weighted by Crippen LogP contribution is 2.22. The van der Waals surface area contributed by atoms with Gasteiger partial charge in [0.1, 0.15) is 0 Å². The zero-order valence-corrected chi connectivity index (χ0v) is 12.9. The highest BCUT2D eigenvalue weighted by atomic mass is 35.5. The second-order valence-electron chi connectivity index (χ2n) is 4.79. The highest BCUT2D eigenvalue weighted by Gasteiger charge is 2.43. The first-order chi connectivity index (χ1) is 10.0. The number of carbonyl (C=O) groups is 2. The Bertz CT molecular complexity index is 514. The molecule has 1 aromatic rings. The minimum atomic E-state index is -1.26. The molecule has 1 unspecified atom stereocenters. The summed E-state index contributed by atoms with van der Waals surface area (Å²) in [5.74, 6) is -0.743. The Kier molecular flexibility index (Phi) is 5.50. The zero-order chi connectivity index (χ0) is 15.3. The number of aliphatic carboxylic acids is 1. The van der Waals surface area contributed by atoms with Gasteiger partial charge in [-0.2, -0.15) is 0 Å². The van der Waals surface area contributed by atoms with Crippen molar-refractivity contribution in [3.8, 4) is 0 Å². The van der Waals surface area contributed by atoms with E-state index >= 15 is 0 Å². The summed E-state index contributed by atoms with van der Waals surface area (Å²) in [4.78, 5) is 24.2. The third-order valence-corrected chi connectivity index (χ3v) is 4.49. The number of rotatable bonds is 6. The van der Waals surface area contributed by atoms with Crippen LogP contribution in [-0.4, -0.2) is 41.5 Å². The van der Waals surface area contributed by atoms with Gasteiger partial charge in [0, 0.05) is 35.1 Å². The summed E-state index contributed by atoms with van der Waals surface area (Å²) in [6.45, 7) is 0.379. The zero-order valence-electron chi connectivity index (χ0n) is 11.3. The first-order valence-electron chi connectivity index (χ1n) is 6.52. The van der Waals surface area contributed by atoms with E-state index in [0.717, 1.165) is 4.90 Å². The van der Waals surface area contributed by atoms with Crippen molar-refractivity contribution >= 4 is 35.2 Å². The number of benzene rings is 1. The molecule has 0 bridgehead atoms. The summed E-state index contributed by atoms with van der Waals surface area (Å²) in [5.41, 5.74) is -1.26. The van der Waals surface area contributed by atoms with Crippen LogP contribution in [0.4, 0.5) is 0 Å². The maximum absolute atomic E-state index is 11.9. The molecule has 1 saturated heterocycles. The molecule has 1 aliphatic rings. The number of hydrogen-bond acceptors (Lipinski definition) is 4. The van der Waals surface area contributed by atoms with Crippen molar-refractivity contribution < 1.29 is 19.4 Å². The average molecular weight is 330 g/mol. The molecule has 0 aliphatic carbocycles. The topological polar surface area (TPSA) is 75.6 Å². The smallest absolute Gasteiger partial charge is 0.331 e. The summed E-state index contributed by atoms with van der Waals surface area (Å²) < 4.78 is 5.09. The van der Waals surface area contributed by atoms with Crippen LogP contribution >= 0.6 is 23.4 Å². The van der Waals surface area contributed by atoms with Gasteiger partial charge in [0.25, 0.3) is 0 Å². The van der Waals surface area contributed by atoms with Crippen LogP contribution in [0.1, 0.15) is 12.8 Å². The Morgan fingerprint density at radius 3 is 2.67 bits per heavy atom. The van der Waals surface area contributed by atoms with Gasteiger partial charge in [-0.25, -0.2) is 4.79 Å². The van der Waals surface area contributed by atoms with Crippen molar-refractivity contribution in [2.75, 3.05) is 19.0 Å². The summed E-state index contributed by atoms with van der Waals surface area (Å²) in [5, 5.41) is 12.5. The van der Waals surface area contributed by atoms with Crippen LogP contribution in [0, 0.1) is 0 Å². The number of amides is 1. The van der Waals surface area contributed by atoms with E-state index in [4.69, 9.17) is 16.3 Å². The lowest BCUT2D eigenvalue weighted by Gasteiger charge is -2.23. The summed E-state index contributed by atoms with van der Waals surface area (Å²) in [7, 11) is 0. The minimum absolute atomic E-state index is 0.0262. The van der Waals surface area contributed by atoms with E-state index in [1.165, 1.54) is 11.8 Å². The van der Waals surface area contributed by atoms with Gasteiger partial charge in [0.2, 0.25) is 5.91 Å². The van der Waals surface area contributed by atoms with Crippen LogP contribution in [0.2, 0.25) is 5.02 Å². The van der Waals surface area contributed by atoms with Crippen molar-refractivity contribution in [1.82, 2.24) is 5.32 Å². The van der Waals surface area contributed by atoms with Crippen molar-refractivity contribution in [3.63, 3.8) is 0 Å². The molecule has 2 rings (SSSR count). The number of carboxylic acids is 1. The molecular formula is C14H16ClNO4S. The van der Waals surface area contributed by atoms with Crippen LogP contribution in [-0.2, 0) is 14.3 Å². The Hall–Kier alpha value is -1.24. The monoisotopic (exact) mass is 329 g/mol. The molecule has 1 heterocycles. The van der Waals surface area contributed by atoms with Crippen LogP contribution in [0.15, 0.2) is 29.2 Å². The standard InChI is InChI=1S/C14H16ClNO4S/c15-10-1-3-11(4-2-10)21-8-5-12(17)16-14(13(18)19)6-7-20-9-14/h1-4H,5-9H2,(H,16,17)(H,18,19). The Morgan fingerprint density at radius 2 is 2.10 bits per heavy atom. The van der Waals surface area contributed by atoms with E-state index in [9.17, 15) is 14.7 Å². The molecule has 0 aromatic heterocycles. The number of carbonyl (C=O) groups excluding carboxylic acids is 1. The minimum Gasteiger partial charge on any atom is -0.479 e. The summed E-state index contributed by atoms with van der Waals surface area (Å²) >= 11 is 7.32. The largest absolute Gasteiger partial charge is 0.479 e. The van der Waals surface area contributed by atoms with E-state index in [2.05, 4.69) is 5.32 Å². The third-order valence-electron chi connectivity index (χ3n) is 3.22. The maximum atomic E-state index is 11.9. The van der Waals surface area contributed by atoms with E-state index in [1.54, 1.807) is 12.1 Å². The summed E-state index contributed by atoms with van der Waals surface area (Å²) in [6, 6.07) is 7.35. The number of hydrogen-bond donors (Lipinski definition) is 2. The predicted octanol–water partition coefficient (Wildman–Crippen LogP) is 2.18. The molecule has 0 radical (unpaired) electrons. The van der Waals surface area contributed by atoms with E-state index in [0.29, 0.717) is 23.8 Å². The van der Waals surface area contributed by atoms with Crippen LogP contribution in [0.5, 0.6) is 0 Å². The second-order valence-corrected chi connectivity index (χ2v) is 6.40. The molecule has 1 atom stereocenters. The maximum Gasteiger partial charge on any atom is 0.331 e. The van der Waals surface area contributed by atoms with E-state index < -0.39 is 11.5 Å². The molecule has 5 nitrogen and oxygen atoms in total. The van der Waals surface area contributed by atoms with Gasteiger partial charge in [0.15, 0.2) is 5.54 Å². The number of ether oxygens (including phenoxy) is 1. The number of carboxylic acid groups (broad SMARTS) is 1. The van der Waals surface area contributed by atoms with Gasteiger partial charge in [0.05, 0.1) is 6.61 Å². The Labute approximate surface area is 132 Å². The quantitative estimate of drug-likeness (QED) is 0.782. The van der Waals surface area contributed by atoms with Gasteiger partial charge in [-0.1, -0.05) is 11.6 Å². The second kappa shape index (κ2) is 7.15. The summed E-state index contributed by atoms with van der Waals surface area (Å²) in [6.07, 6.45) is 0.556. The predicted molar refractivity (Wildman–Crippen MR) is 80.7 cm³/mol. The fourth-order valence-corrected chi connectivity index (χ4v) is 2.99. The molecule has 0 saturated carbocycles. The fourth-order valence-electron chi connectivity index (χ4n) is 2.01. The molecule has 1 aliphatic heterocycles. The lowest BCUT2D eigenvalue weighted by atomic mass is 9.99. The van der Waals surface area contributed by atoms with Gasteiger partial charge in [-0.05, 0) is 24.3 Å². The van der Waals surface area contributed by atoms with Crippen LogP contribution < -0.4 is 5.32 Å². The average Bonchev–Trinajstić information content (AvgIpc) is 2.91. The first kappa shape index (κ1) is 16.1. The van der Waals surface area contributed by atoms with Gasteiger partial charge in [-0.15, -0.1) is 11.8 Å². The molecule has 7 heteroatoms. The molecule has 1 amide bonds. The van der Waals surface area contributed by atoms with Gasteiger partial charge >= 0.3 is 5.97 Å². The normalized spacial score (nSPS) is 21.2. The van der Waals surface area contributed by atoms with Crippen LogP contribution in [0.3, 0.4) is 0 Å². The molecule has 1 fully saturated rings. The Morgan fingerprint density at radius 1 is 1.38 bits per heavy atom. The Balaban J connectivity index is 1.79. The number of nitrogens with one attached hydrogen (secondary N) is 1. The highest BCUT2D eigenvalue weighted by molar-refractivity contribution is 7.99. The molecule has 21 heavy (non-hydrogen) atoms. The molecule has 2 N–H and O–H groups in total. The lowest BCUT2D eigenvalue weighted by Crippen LogP contribution is -2.55. The molecular weight excluding hydrogens is 314 g/mol. The molecule has 114 valence electrons. The fraction of sp³-hybridized carbons (Fsp3) is 0.429. The molecule has 1 aromatic carbocycles. The number of thioether (sulfide) groups is 1. The van der Waals surface area contributed by atoms with Crippen molar-refractivity contribution in [2.24, 2.45) is 0 Å². The first-order valence-corrected chi connectivity index (χ1v) is 7.89. The van der Waals surface area contributed by atoms with Crippen LogP contribution in [0.25, 0.3) is 0 Å². The lowest BCUT2D eigenvalue weighted by molar-refractivity contribution is -0.147. The van der Waals surface area contributed by atoms with Gasteiger partial charge in [-0.3, -0.25) is 4.79 Å². The number of halogens is 1. The van der Waals surface area contributed by atoms with Crippen molar-refractivity contribution in [1.29, 1.82) is 0 Å². The third kappa shape index (κ3) is 4.36. The van der Waals surface area contributed by atoms with Crippen molar-refractivity contribution in [3.05, 3.63) is 29.3 Å². The van der Waals surface area contributed by atoms with E-state index in [-0.39, 0.29) is 18.9 Å². The van der Waals surface area contributed by atoms with Crippen molar-refractivity contribution in [2.45, 2.75) is 23.3 Å². The molecule has 0 spiro atoms. The van der Waals surface area contributed by atoms with E-state index in [1.807, 2.05) is 12.1 Å².